The van der Waals surface area contributed by atoms with Gasteiger partial charge in [0.15, 0.2) is 0 Å². The van der Waals surface area contributed by atoms with Crippen LogP contribution in [0, 0.1) is 0 Å². The lowest BCUT2D eigenvalue weighted by atomic mass is 10.1. The molecule has 70 valence electrons. The van der Waals surface area contributed by atoms with Crippen molar-refractivity contribution in [3.8, 4) is 5.75 Å². The molecule has 0 saturated heterocycles. The van der Waals surface area contributed by atoms with E-state index < -0.39 is 0 Å². The van der Waals surface area contributed by atoms with Crippen molar-refractivity contribution >= 4 is 11.8 Å². The lowest BCUT2D eigenvalue weighted by Gasteiger charge is -2.01. The largest absolute Gasteiger partial charge is 0.497 e. The molecule has 2 unspecified atom stereocenters. The third-order valence-corrected chi connectivity index (χ3v) is 2.75. The number of ether oxygens (including phenoxy) is 1. The molecule has 2 atom stereocenters. The van der Waals surface area contributed by atoms with Gasteiger partial charge in [-0.1, -0.05) is 12.1 Å². The first-order valence-corrected chi connectivity index (χ1v) is 4.73. The fourth-order valence-electron chi connectivity index (χ4n) is 1.54. The monoisotopic (exact) mass is 197 g/mol. The Balaban J connectivity index is 2.07. The highest BCUT2D eigenvalue weighted by Gasteiger charge is 2.37. The highest BCUT2D eigenvalue weighted by molar-refractivity contribution is 6.13. The van der Waals surface area contributed by atoms with Crippen LogP contribution in [0.5, 0.6) is 5.75 Å². The maximum Gasteiger partial charge on any atom is 0.118 e. The van der Waals surface area contributed by atoms with Crippen LogP contribution in [-0.2, 0) is 0 Å². The van der Waals surface area contributed by atoms with Crippen LogP contribution in [0.3, 0.4) is 0 Å². The van der Waals surface area contributed by atoms with Crippen molar-refractivity contribution in [2.45, 2.75) is 18.4 Å². The van der Waals surface area contributed by atoms with Crippen molar-refractivity contribution in [3.63, 3.8) is 0 Å². The zero-order chi connectivity index (χ0) is 9.26. The highest BCUT2D eigenvalue weighted by atomic mass is 35.5. The van der Waals surface area contributed by atoms with Crippen molar-refractivity contribution in [3.05, 3.63) is 29.8 Å². The Bertz CT molecular complexity index is 285. The maximum atomic E-state index is 5.53. The van der Waals surface area contributed by atoms with E-state index in [4.69, 9.17) is 16.5 Å². The van der Waals surface area contributed by atoms with Gasteiger partial charge in [-0.15, -0.1) is 0 Å². The molecule has 1 N–H and O–H groups in total. The minimum Gasteiger partial charge on any atom is -0.497 e. The Kier molecular flexibility index (Phi) is 2.42. The Morgan fingerprint density at radius 3 is 2.54 bits per heavy atom. The van der Waals surface area contributed by atoms with E-state index in [1.807, 2.05) is 12.1 Å². The van der Waals surface area contributed by atoms with Crippen LogP contribution in [0.2, 0.25) is 0 Å². The highest BCUT2D eigenvalue weighted by Crippen LogP contribution is 2.41. The molecular weight excluding hydrogens is 186 g/mol. The second-order valence-electron chi connectivity index (χ2n) is 3.33. The lowest BCUT2D eigenvalue weighted by Crippen LogP contribution is -2.02. The molecule has 1 aromatic carbocycles. The minimum absolute atomic E-state index is 0.454. The molecule has 0 heterocycles. The number of rotatable bonds is 3. The molecule has 0 aliphatic heterocycles. The van der Waals surface area contributed by atoms with Gasteiger partial charge in [0.1, 0.15) is 5.75 Å². The van der Waals surface area contributed by atoms with Gasteiger partial charge in [-0.3, -0.25) is 0 Å². The van der Waals surface area contributed by atoms with Gasteiger partial charge in [0.25, 0.3) is 0 Å². The molecule has 3 heteroatoms. The van der Waals surface area contributed by atoms with Gasteiger partial charge in [0.05, 0.1) is 7.11 Å². The van der Waals surface area contributed by atoms with Gasteiger partial charge in [-0.25, -0.2) is 4.84 Å². The summed E-state index contributed by atoms with van der Waals surface area (Å²) >= 11 is 5.53. The number of halogens is 1. The molecule has 13 heavy (non-hydrogen) atoms. The Hall–Kier alpha value is -0.730. The average molecular weight is 198 g/mol. The van der Waals surface area contributed by atoms with E-state index in [0.717, 1.165) is 12.2 Å². The van der Waals surface area contributed by atoms with Crippen LogP contribution < -0.4 is 9.57 Å². The number of methoxy groups -OCH3 is 1. The van der Waals surface area contributed by atoms with Crippen LogP contribution in [0.1, 0.15) is 17.9 Å². The predicted octanol–water partition coefficient (Wildman–Crippen LogP) is 2.29. The summed E-state index contributed by atoms with van der Waals surface area (Å²) in [6, 6.07) is 8.61. The summed E-state index contributed by atoms with van der Waals surface area (Å²) in [6.45, 7) is 0. The SMILES string of the molecule is COc1ccc(C2CC2NCl)cc1. The minimum atomic E-state index is 0.454. The summed E-state index contributed by atoms with van der Waals surface area (Å²) < 4.78 is 5.08. The molecule has 2 rings (SSSR count). The molecule has 1 saturated carbocycles. The van der Waals surface area contributed by atoms with Crippen molar-refractivity contribution < 1.29 is 4.74 Å². The zero-order valence-electron chi connectivity index (χ0n) is 7.46. The topological polar surface area (TPSA) is 21.3 Å². The summed E-state index contributed by atoms with van der Waals surface area (Å²) in [4.78, 5) is 2.76. The molecule has 1 aromatic rings. The van der Waals surface area contributed by atoms with Crippen LogP contribution in [0.4, 0.5) is 0 Å². The van der Waals surface area contributed by atoms with Crippen molar-refractivity contribution in [2.24, 2.45) is 0 Å². The summed E-state index contributed by atoms with van der Waals surface area (Å²) in [6.07, 6.45) is 1.13. The Morgan fingerprint density at radius 2 is 2.08 bits per heavy atom. The first-order valence-electron chi connectivity index (χ1n) is 4.35. The van der Waals surface area contributed by atoms with Crippen LogP contribution in [0.15, 0.2) is 24.3 Å². The molecule has 1 fully saturated rings. The van der Waals surface area contributed by atoms with Crippen LogP contribution >= 0.6 is 11.8 Å². The van der Waals surface area contributed by atoms with Gasteiger partial charge >= 0.3 is 0 Å². The molecule has 0 spiro atoms. The fourth-order valence-corrected chi connectivity index (χ4v) is 1.78. The molecule has 1 aliphatic carbocycles. The second-order valence-corrected chi connectivity index (χ2v) is 3.55. The molecule has 2 nitrogen and oxygen atoms in total. The van der Waals surface area contributed by atoms with E-state index in [-0.39, 0.29) is 0 Å². The zero-order valence-corrected chi connectivity index (χ0v) is 8.21. The van der Waals surface area contributed by atoms with E-state index in [9.17, 15) is 0 Å². The smallest absolute Gasteiger partial charge is 0.118 e. The quantitative estimate of drug-likeness (QED) is 0.751. The van der Waals surface area contributed by atoms with E-state index in [2.05, 4.69) is 17.0 Å². The molecular formula is C10H12ClNO. The first kappa shape index (κ1) is 8.85. The Labute approximate surface area is 83.0 Å². The van der Waals surface area contributed by atoms with Crippen molar-refractivity contribution in [1.29, 1.82) is 0 Å². The van der Waals surface area contributed by atoms with Gasteiger partial charge in [0, 0.05) is 12.0 Å². The van der Waals surface area contributed by atoms with Gasteiger partial charge in [0.2, 0.25) is 0 Å². The second kappa shape index (κ2) is 3.56. The number of benzene rings is 1. The van der Waals surface area contributed by atoms with Gasteiger partial charge < -0.3 is 4.74 Å². The summed E-state index contributed by atoms with van der Waals surface area (Å²) in [5, 5.41) is 0. The molecule has 0 amide bonds. The number of hydrogen-bond donors (Lipinski definition) is 1. The van der Waals surface area contributed by atoms with E-state index >= 15 is 0 Å². The third kappa shape index (κ3) is 1.79. The van der Waals surface area contributed by atoms with Gasteiger partial charge in [-0.2, -0.15) is 0 Å². The number of hydrogen-bond acceptors (Lipinski definition) is 2. The molecule has 0 radical (unpaired) electrons. The fraction of sp³-hybridized carbons (Fsp3) is 0.400. The molecule has 0 aromatic heterocycles. The number of nitrogens with one attached hydrogen (secondary N) is 1. The Morgan fingerprint density at radius 1 is 1.38 bits per heavy atom. The normalized spacial score (nSPS) is 25.7. The predicted molar refractivity (Wildman–Crippen MR) is 53.1 cm³/mol. The summed E-state index contributed by atoms with van der Waals surface area (Å²) in [7, 11) is 1.68. The summed E-state index contributed by atoms with van der Waals surface area (Å²) in [5.74, 6) is 1.49. The molecule has 0 bridgehead atoms. The lowest BCUT2D eigenvalue weighted by molar-refractivity contribution is 0.414. The third-order valence-electron chi connectivity index (χ3n) is 2.47. The first-order chi connectivity index (χ1) is 6.35. The van der Waals surface area contributed by atoms with Crippen molar-refractivity contribution in [1.82, 2.24) is 4.84 Å². The molecule has 1 aliphatic rings. The average Bonchev–Trinajstić information content (AvgIpc) is 2.97. The standard InChI is InChI=1S/C10H12ClNO/c1-13-8-4-2-7(3-5-8)9-6-10(9)12-11/h2-5,9-10,12H,6H2,1H3. The van der Waals surface area contributed by atoms with E-state index in [1.165, 1.54) is 5.56 Å². The van der Waals surface area contributed by atoms with E-state index in [0.29, 0.717) is 12.0 Å². The summed E-state index contributed by atoms with van der Waals surface area (Å²) in [5.41, 5.74) is 1.33. The van der Waals surface area contributed by atoms with E-state index in [1.54, 1.807) is 7.11 Å². The van der Waals surface area contributed by atoms with Gasteiger partial charge in [-0.05, 0) is 35.9 Å². The maximum absolute atomic E-state index is 5.53. The van der Waals surface area contributed by atoms with Crippen molar-refractivity contribution in [2.75, 3.05) is 7.11 Å². The van der Waals surface area contributed by atoms with Crippen LogP contribution in [0.25, 0.3) is 0 Å². The van der Waals surface area contributed by atoms with Crippen LogP contribution in [-0.4, -0.2) is 13.2 Å².